The molecule has 0 fully saturated rings. The summed E-state index contributed by atoms with van der Waals surface area (Å²) in [7, 11) is 0. The van der Waals surface area contributed by atoms with Gasteiger partial charge in [-0.1, -0.05) is 48.2 Å². The Hall–Kier alpha value is -2.56. The Kier molecular flexibility index (Phi) is 2.96. The van der Waals surface area contributed by atoms with Crippen LogP contribution >= 0.6 is 11.3 Å². The fourth-order valence-electron chi connectivity index (χ4n) is 2.47. The standard InChI is InChI=1S/C20H12S/c1-2-6-15(7-3-1)10-11-16-12-13-20-18(14-16)17-8-4-5-9-19(17)21-20/h1-9,12-14H. The molecule has 0 atom stereocenters. The van der Waals surface area contributed by atoms with Gasteiger partial charge in [-0.15, -0.1) is 11.3 Å². The molecule has 1 heteroatoms. The van der Waals surface area contributed by atoms with E-state index in [4.69, 9.17) is 0 Å². The second-order valence-corrected chi connectivity index (χ2v) is 6.01. The summed E-state index contributed by atoms with van der Waals surface area (Å²) in [5, 5.41) is 2.62. The molecule has 0 spiro atoms. The molecular weight excluding hydrogens is 272 g/mol. The average Bonchev–Trinajstić information content (AvgIpc) is 2.92. The van der Waals surface area contributed by atoms with Crippen LogP contribution in [0.5, 0.6) is 0 Å². The molecule has 0 N–H and O–H groups in total. The lowest BCUT2D eigenvalue weighted by Crippen LogP contribution is -1.75. The molecular formula is C20H12S. The number of rotatable bonds is 0. The van der Waals surface area contributed by atoms with E-state index >= 15 is 0 Å². The first-order valence-electron chi connectivity index (χ1n) is 6.88. The van der Waals surface area contributed by atoms with Gasteiger partial charge in [0, 0.05) is 31.3 Å². The molecule has 0 unspecified atom stereocenters. The average molecular weight is 284 g/mol. The molecule has 0 aliphatic heterocycles. The first kappa shape index (κ1) is 12.2. The van der Waals surface area contributed by atoms with Gasteiger partial charge in [0.25, 0.3) is 0 Å². The molecule has 4 rings (SSSR count). The molecule has 4 aromatic rings. The van der Waals surface area contributed by atoms with Gasteiger partial charge in [0.15, 0.2) is 0 Å². The van der Waals surface area contributed by atoms with Crippen molar-refractivity contribution in [1.82, 2.24) is 0 Å². The van der Waals surface area contributed by atoms with E-state index in [9.17, 15) is 0 Å². The van der Waals surface area contributed by atoms with Gasteiger partial charge in [0.2, 0.25) is 0 Å². The Bertz CT molecular complexity index is 982. The van der Waals surface area contributed by atoms with E-state index in [1.54, 1.807) is 0 Å². The van der Waals surface area contributed by atoms with Crippen molar-refractivity contribution in [2.75, 3.05) is 0 Å². The Morgan fingerprint density at radius 2 is 1.29 bits per heavy atom. The number of hydrogen-bond donors (Lipinski definition) is 0. The summed E-state index contributed by atoms with van der Waals surface area (Å²) in [5.74, 6) is 6.48. The summed E-state index contributed by atoms with van der Waals surface area (Å²) < 4.78 is 2.65. The minimum absolute atomic E-state index is 1.05. The van der Waals surface area contributed by atoms with E-state index in [0.717, 1.165) is 11.1 Å². The van der Waals surface area contributed by atoms with Crippen molar-refractivity contribution in [3.63, 3.8) is 0 Å². The number of fused-ring (bicyclic) bond motifs is 3. The zero-order valence-corrected chi connectivity index (χ0v) is 12.2. The summed E-state index contributed by atoms with van der Waals surface area (Å²) in [6, 6.07) is 25.1. The highest BCUT2D eigenvalue weighted by Gasteiger charge is 2.04. The van der Waals surface area contributed by atoms with Gasteiger partial charge in [0.05, 0.1) is 0 Å². The third-order valence-electron chi connectivity index (χ3n) is 3.50. The first-order chi connectivity index (χ1) is 10.4. The van der Waals surface area contributed by atoms with Crippen LogP contribution in [-0.2, 0) is 0 Å². The molecule has 0 aliphatic rings. The molecule has 0 radical (unpaired) electrons. The second-order valence-electron chi connectivity index (χ2n) is 4.93. The van der Waals surface area contributed by atoms with Gasteiger partial charge in [-0.2, -0.15) is 0 Å². The number of hydrogen-bond acceptors (Lipinski definition) is 1. The Morgan fingerprint density at radius 3 is 2.19 bits per heavy atom. The van der Waals surface area contributed by atoms with E-state index in [2.05, 4.69) is 54.3 Å². The molecule has 98 valence electrons. The number of benzene rings is 3. The lowest BCUT2D eigenvalue weighted by atomic mass is 10.1. The Labute approximate surface area is 127 Å². The van der Waals surface area contributed by atoms with Crippen LogP contribution in [0, 0.1) is 11.8 Å². The molecule has 0 amide bonds. The molecule has 0 nitrogen and oxygen atoms in total. The highest BCUT2D eigenvalue weighted by atomic mass is 32.1. The van der Waals surface area contributed by atoms with Crippen molar-refractivity contribution in [3.05, 3.63) is 83.9 Å². The smallest absolute Gasteiger partial charge is 0.0356 e. The topological polar surface area (TPSA) is 0 Å². The van der Waals surface area contributed by atoms with E-state index in [1.807, 2.05) is 41.7 Å². The highest BCUT2D eigenvalue weighted by Crippen LogP contribution is 2.33. The maximum atomic E-state index is 3.26. The van der Waals surface area contributed by atoms with Crippen LogP contribution in [0.1, 0.15) is 11.1 Å². The van der Waals surface area contributed by atoms with Crippen molar-refractivity contribution in [2.45, 2.75) is 0 Å². The molecule has 1 heterocycles. The summed E-state index contributed by atoms with van der Waals surface area (Å²) in [4.78, 5) is 0. The van der Waals surface area contributed by atoms with Crippen LogP contribution in [0.15, 0.2) is 72.8 Å². The van der Waals surface area contributed by atoms with Gasteiger partial charge in [-0.05, 0) is 36.4 Å². The monoisotopic (exact) mass is 284 g/mol. The third kappa shape index (κ3) is 2.31. The molecule has 3 aromatic carbocycles. The van der Waals surface area contributed by atoms with E-state index in [-0.39, 0.29) is 0 Å². The molecule has 21 heavy (non-hydrogen) atoms. The number of thiophene rings is 1. The van der Waals surface area contributed by atoms with Crippen molar-refractivity contribution in [3.8, 4) is 11.8 Å². The second kappa shape index (κ2) is 5.09. The lowest BCUT2D eigenvalue weighted by Gasteiger charge is -1.93. The predicted octanol–water partition coefficient (Wildman–Crippen LogP) is 5.45. The maximum Gasteiger partial charge on any atom is 0.0356 e. The molecule has 0 saturated carbocycles. The minimum Gasteiger partial charge on any atom is -0.135 e. The van der Waals surface area contributed by atoms with Gasteiger partial charge >= 0.3 is 0 Å². The lowest BCUT2D eigenvalue weighted by molar-refractivity contribution is 1.64. The van der Waals surface area contributed by atoms with Crippen LogP contribution in [0.25, 0.3) is 20.2 Å². The van der Waals surface area contributed by atoms with Crippen LogP contribution < -0.4 is 0 Å². The van der Waals surface area contributed by atoms with Crippen molar-refractivity contribution < 1.29 is 0 Å². The first-order valence-corrected chi connectivity index (χ1v) is 7.70. The SMILES string of the molecule is C(#Cc1ccc2sc3ccccc3c2c1)c1ccccc1. The van der Waals surface area contributed by atoms with Gasteiger partial charge < -0.3 is 0 Å². The Morgan fingerprint density at radius 1 is 0.571 bits per heavy atom. The quantitative estimate of drug-likeness (QED) is 0.376. The maximum absolute atomic E-state index is 3.26. The zero-order chi connectivity index (χ0) is 14.1. The van der Waals surface area contributed by atoms with Gasteiger partial charge in [-0.3, -0.25) is 0 Å². The van der Waals surface area contributed by atoms with Crippen LogP contribution in [-0.4, -0.2) is 0 Å². The van der Waals surface area contributed by atoms with Gasteiger partial charge in [-0.25, -0.2) is 0 Å². The summed E-state index contributed by atoms with van der Waals surface area (Å²) in [6.07, 6.45) is 0. The van der Waals surface area contributed by atoms with E-state index < -0.39 is 0 Å². The van der Waals surface area contributed by atoms with E-state index in [0.29, 0.717) is 0 Å². The summed E-state index contributed by atoms with van der Waals surface area (Å²) >= 11 is 1.84. The molecule has 0 aliphatic carbocycles. The van der Waals surface area contributed by atoms with Crippen LogP contribution in [0.2, 0.25) is 0 Å². The summed E-state index contributed by atoms with van der Waals surface area (Å²) in [6.45, 7) is 0. The third-order valence-corrected chi connectivity index (χ3v) is 4.65. The fourth-order valence-corrected chi connectivity index (χ4v) is 3.56. The minimum atomic E-state index is 1.05. The Balaban J connectivity index is 1.84. The van der Waals surface area contributed by atoms with Crippen molar-refractivity contribution in [1.29, 1.82) is 0 Å². The summed E-state index contributed by atoms with van der Waals surface area (Å²) in [5.41, 5.74) is 2.11. The largest absolute Gasteiger partial charge is 0.135 e. The van der Waals surface area contributed by atoms with Crippen molar-refractivity contribution >= 4 is 31.5 Å². The normalized spacial score (nSPS) is 10.5. The predicted molar refractivity (Wildman–Crippen MR) is 91.8 cm³/mol. The molecule has 0 bridgehead atoms. The molecule has 0 saturated heterocycles. The van der Waals surface area contributed by atoms with Gasteiger partial charge in [0.1, 0.15) is 0 Å². The zero-order valence-electron chi connectivity index (χ0n) is 11.3. The highest BCUT2D eigenvalue weighted by molar-refractivity contribution is 7.25. The molecule has 1 aromatic heterocycles. The van der Waals surface area contributed by atoms with Crippen LogP contribution in [0.3, 0.4) is 0 Å². The van der Waals surface area contributed by atoms with Crippen molar-refractivity contribution in [2.24, 2.45) is 0 Å². The van der Waals surface area contributed by atoms with E-state index in [1.165, 1.54) is 20.2 Å². The fraction of sp³-hybridized carbons (Fsp3) is 0. The van der Waals surface area contributed by atoms with Crippen LogP contribution in [0.4, 0.5) is 0 Å².